The Morgan fingerprint density at radius 1 is 1.23 bits per heavy atom. The van der Waals surface area contributed by atoms with Gasteiger partial charge in [-0.05, 0) is 27.2 Å². The van der Waals surface area contributed by atoms with Crippen LogP contribution in [0.25, 0.3) is 0 Å². The molecule has 2 N–H and O–H groups in total. The van der Waals surface area contributed by atoms with Crippen molar-refractivity contribution in [3.63, 3.8) is 0 Å². The zero-order chi connectivity index (χ0) is 10.3. The molecule has 0 bridgehead atoms. The van der Waals surface area contributed by atoms with Gasteiger partial charge in [-0.2, -0.15) is 0 Å². The monoisotopic (exact) mass is 184 g/mol. The average molecular weight is 184 g/mol. The van der Waals surface area contributed by atoms with E-state index in [0.29, 0.717) is 0 Å². The predicted molar refractivity (Wildman–Crippen MR) is 55.5 cm³/mol. The molecule has 0 saturated carbocycles. The van der Waals surface area contributed by atoms with E-state index in [1.807, 2.05) is 20.8 Å². The van der Waals surface area contributed by atoms with Gasteiger partial charge in [0.1, 0.15) is 0 Å². The summed E-state index contributed by atoms with van der Waals surface area (Å²) in [6.45, 7) is 6.26. The molecule has 0 saturated heterocycles. The number of aliphatic hydroxyl groups is 2. The molecule has 0 rings (SSSR count). The Hall–Kier alpha value is -0.600. The molecular weight excluding hydrogens is 164 g/mol. The maximum atomic E-state index is 9.06. The second-order valence-electron chi connectivity index (χ2n) is 3.62. The molecule has 0 aliphatic rings. The Morgan fingerprint density at radius 3 is 2.23 bits per heavy atom. The van der Waals surface area contributed by atoms with Gasteiger partial charge in [-0.3, -0.25) is 0 Å². The van der Waals surface area contributed by atoms with E-state index < -0.39 is 0 Å². The Morgan fingerprint density at radius 2 is 1.85 bits per heavy atom. The highest BCUT2D eigenvalue weighted by Crippen LogP contribution is 2.13. The fourth-order valence-corrected chi connectivity index (χ4v) is 1.30. The van der Waals surface area contributed by atoms with E-state index in [1.54, 1.807) is 6.08 Å². The molecule has 2 nitrogen and oxygen atoms in total. The number of hydrogen-bond donors (Lipinski definition) is 2. The molecule has 0 amide bonds. The number of rotatable bonds is 5. The summed E-state index contributed by atoms with van der Waals surface area (Å²) < 4.78 is 0. The maximum Gasteiger partial charge on any atom is 0.0614 e. The van der Waals surface area contributed by atoms with Crippen molar-refractivity contribution in [2.75, 3.05) is 13.2 Å². The lowest BCUT2D eigenvalue weighted by Gasteiger charge is -2.10. The Bertz CT molecular complexity index is 188. The summed E-state index contributed by atoms with van der Waals surface area (Å²) in [6, 6.07) is 0. The van der Waals surface area contributed by atoms with Gasteiger partial charge in [-0.1, -0.05) is 23.3 Å². The second kappa shape index (κ2) is 6.87. The molecule has 0 heterocycles. The first-order valence-electron chi connectivity index (χ1n) is 4.62. The number of hydrogen-bond acceptors (Lipinski definition) is 2. The summed E-state index contributed by atoms with van der Waals surface area (Å²) >= 11 is 0. The van der Waals surface area contributed by atoms with Gasteiger partial charge in [0.2, 0.25) is 0 Å². The molecule has 1 unspecified atom stereocenters. The van der Waals surface area contributed by atoms with Crippen LogP contribution in [0, 0.1) is 5.92 Å². The molecule has 0 aromatic heterocycles. The normalized spacial score (nSPS) is 14.1. The predicted octanol–water partition coefficient (Wildman–Crippen LogP) is 1.89. The van der Waals surface area contributed by atoms with Crippen LogP contribution in [-0.4, -0.2) is 23.4 Å². The third-order valence-corrected chi connectivity index (χ3v) is 1.83. The average Bonchev–Trinajstić information content (AvgIpc) is 2.02. The minimum absolute atomic E-state index is 0.0821. The first-order chi connectivity index (χ1) is 6.10. The van der Waals surface area contributed by atoms with Crippen LogP contribution < -0.4 is 0 Å². The van der Waals surface area contributed by atoms with Crippen molar-refractivity contribution < 1.29 is 10.2 Å². The zero-order valence-electron chi connectivity index (χ0n) is 8.75. The van der Waals surface area contributed by atoms with Gasteiger partial charge in [0.05, 0.1) is 6.61 Å². The molecular formula is C11H20O2. The number of allylic oxidation sites excluding steroid dienone is 2. The third kappa shape index (κ3) is 6.55. The quantitative estimate of drug-likeness (QED) is 0.641. The molecule has 0 radical (unpaired) electrons. The topological polar surface area (TPSA) is 40.5 Å². The summed E-state index contributed by atoms with van der Waals surface area (Å²) in [7, 11) is 0. The van der Waals surface area contributed by atoms with Gasteiger partial charge < -0.3 is 10.2 Å². The Balaban J connectivity index is 4.13. The fourth-order valence-electron chi connectivity index (χ4n) is 1.30. The summed E-state index contributed by atoms with van der Waals surface area (Å²) in [6.07, 6.45) is 4.67. The van der Waals surface area contributed by atoms with Gasteiger partial charge in [-0.25, -0.2) is 0 Å². The molecule has 0 aliphatic carbocycles. The van der Waals surface area contributed by atoms with E-state index in [0.717, 1.165) is 12.0 Å². The van der Waals surface area contributed by atoms with Crippen LogP contribution in [0.3, 0.4) is 0 Å². The fraction of sp³-hybridized carbons (Fsp3) is 0.636. The molecule has 1 atom stereocenters. The first kappa shape index (κ1) is 12.4. The molecule has 0 spiro atoms. The molecule has 0 aromatic carbocycles. The van der Waals surface area contributed by atoms with Crippen molar-refractivity contribution >= 4 is 0 Å². The minimum atomic E-state index is 0.0821. The largest absolute Gasteiger partial charge is 0.396 e. The van der Waals surface area contributed by atoms with Crippen molar-refractivity contribution in [2.45, 2.75) is 27.2 Å². The molecule has 2 heteroatoms. The summed E-state index contributed by atoms with van der Waals surface area (Å²) in [5, 5.41) is 17.7. The minimum Gasteiger partial charge on any atom is -0.396 e. The molecule has 0 aliphatic heterocycles. The Kier molecular flexibility index (Phi) is 6.55. The van der Waals surface area contributed by atoms with Crippen molar-refractivity contribution in [1.82, 2.24) is 0 Å². The highest BCUT2D eigenvalue weighted by Gasteiger charge is 2.04. The van der Waals surface area contributed by atoms with E-state index in [9.17, 15) is 0 Å². The van der Waals surface area contributed by atoms with Gasteiger partial charge in [-0.15, -0.1) is 0 Å². The standard InChI is InChI=1S/C11H20O2/c1-9(2)6-11(8-13)7-10(3)4-5-12/h4,6,11-13H,5,7-8H2,1-3H3/b10-4+. The molecule has 0 fully saturated rings. The second-order valence-corrected chi connectivity index (χ2v) is 3.62. The van der Waals surface area contributed by atoms with Gasteiger partial charge >= 0.3 is 0 Å². The van der Waals surface area contributed by atoms with Gasteiger partial charge in [0.25, 0.3) is 0 Å². The van der Waals surface area contributed by atoms with Crippen LogP contribution in [0.2, 0.25) is 0 Å². The van der Waals surface area contributed by atoms with Crippen LogP contribution >= 0.6 is 0 Å². The summed E-state index contributed by atoms with van der Waals surface area (Å²) in [5.41, 5.74) is 2.34. The lowest BCUT2D eigenvalue weighted by molar-refractivity contribution is 0.251. The smallest absolute Gasteiger partial charge is 0.0614 e. The highest BCUT2D eigenvalue weighted by molar-refractivity contribution is 5.05. The Labute approximate surface area is 80.6 Å². The van der Waals surface area contributed by atoms with Crippen molar-refractivity contribution in [3.05, 3.63) is 23.3 Å². The van der Waals surface area contributed by atoms with E-state index in [-0.39, 0.29) is 19.1 Å². The SMILES string of the molecule is CC(C)=CC(CO)C/C(C)=C/CO. The van der Waals surface area contributed by atoms with Crippen molar-refractivity contribution in [2.24, 2.45) is 5.92 Å². The van der Waals surface area contributed by atoms with E-state index >= 15 is 0 Å². The van der Waals surface area contributed by atoms with Crippen LogP contribution in [0.4, 0.5) is 0 Å². The lowest BCUT2D eigenvalue weighted by Crippen LogP contribution is -2.04. The van der Waals surface area contributed by atoms with Crippen molar-refractivity contribution in [1.29, 1.82) is 0 Å². The first-order valence-corrected chi connectivity index (χ1v) is 4.62. The summed E-state index contributed by atoms with van der Waals surface area (Å²) in [5.74, 6) is 0.188. The van der Waals surface area contributed by atoms with Crippen LogP contribution in [0.15, 0.2) is 23.3 Å². The van der Waals surface area contributed by atoms with Crippen molar-refractivity contribution in [3.8, 4) is 0 Å². The molecule has 76 valence electrons. The third-order valence-electron chi connectivity index (χ3n) is 1.83. The van der Waals surface area contributed by atoms with Gasteiger partial charge in [0.15, 0.2) is 0 Å². The molecule has 13 heavy (non-hydrogen) atoms. The van der Waals surface area contributed by atoms with Crippen LogP contribution in [0.1, 0.15) is 27.2 Å². The molecule has 0 aromatic rings. The van der Waals surface area contributed by atoms with E-state index in [4.69, 9.17) is 10.2 Å². The van der Waals surface area contributed by atoms with Crippen LogP contribution in [0.5, 0.6) is 0 Å². The highest BCUT2D eigenvalue weighted by atomic mass is 16.3. The van der Waals surface area contributed by atoms with E-state index in [2.05, 4.69) is 6.08 Å². The lowest BCUT2D eigenvalue weighted by atomic mass is 9.99. The zero-order valence-corrected chi connectivity index (χ0v) is 8.75. The van der Waals surface area contributed by atoms with Crippen LogP contribution in [-0.2, 0) is 0 Å². The van der Waals surface area contributed by atoms with Gasteiger partial charge in [0, 0.05) is 12.5 Å². The van der Waals surface area contributed by atoms with E-state index in [1.165, 1.54) is 5.57 Å². The summed E-state index contributed by atoms with van der Waals surface area (Å²) in [4.78, 5) is 0. The maximum absolute atomic E-state index is 9.06. The number of aliphatic hydroxyl groups excluding tert-OH is 2.